The standard InChI is InChI=1S/C51H33N5/c1-4-11-34(12-5-1)35-20-26-42(27-21-35)50-54-49(41-15-8-3-9-16-41)55-51(56-50)43-28-22-37(23-29-43)36-18-24-39(25-19-36)46-33-45(38-13-6-2-7-14-38)44-31-30-40-17-10-32-52-47(40)48(44)53-46/h1-33H. The van der Waals surface area contributed by atoms with E-state index in [2.05, 4.69) is 146 Å². The summed E-state index contributed by atoms with van der Waals surface area (Å²) in [4.78, 5) is 24.8. The van der Waals surface area contributed by atoms with Gasteiger partial charge in [-0.05, 0) is 45.5 Å². The number of nitrogens with zero attached hydrogens (tertiary/aromatic N) is 5. The first-order chi connectivity index (χ1) is 27.7. The summed E-state index contributed by atoms with van der Waals surface area (Å²) in [6.07, 6.45) is 1.84. The Morgan fingerprint density at radius 3 is 1.25 bits per heavy atom. The van der Waals surface area contributed by atoms with Crippen molar-refractivity contribution in [1.82, 2.24) is 24.9 Å². The second-order valence-corrected chi connectivity index (χ2v) is 13.7. The molecule has 5 nitrogen and oxygen atoms in total. The van der Waals surface area contributed by atoms with Crippen molar-refractivity contribution in [1.29, 1.82) is 0 Å². The van der Waals surface area contributed by atoms with E-state index in [0.29, 0.717) is 17.5 Å². The second kappa shape index (κ2) is 14.3. The zero-order chi connectivity index (χ0) is 37.3. The summed E-state index contributed by atoms with van der Waals surface area (Å²) in [7, 11) is 0. The summed E-state index contributed by atoms with van der Waals surface area (Å²) in [5.41, 5.74) is 13.4. The average molecular weight is 716 g/mol. The first kappa shape index (κ1) is 33.0. The third-order valence-electron chi connectivity index (χ3n) is 10.2. The highest BCUT2D eigenvalue weighted by atomic mass is 15.0. The van der Waals surface area contributed by atoms with Crippen LogP contribution in [0.25, 0.3) is 101 Å². The van der Waals surface area contributed by atoms with E-state index >= 15 is 0 Å². The molecule has 262 valence electrons. The Balaban J connectivity index is 0.981. The molecule has 0 saturated heterocycles. The Kier molecular flexibility index (Phi) is 8.43. The van der Waals surface area contributed by atoms with Crippen molar-refractivity contribution in [2.75, 3.05) is 0 Å². The van der Waals surface area contributed by atoms with Crippen LogP contribution in [0.1, 0.15) is 0 Å². The number of fused-ring (bicyclic) bond motifs is 3. The summed E-state index contributed by atoms with van der Waals surface area (Å²) in [5, 5.41) is 2.16. The lowest BCUT2D eigenvalue weighted by molar-refractivity contribution is 1.07. The minimum atomic E-state index is 0.626. The van der Waals surface area contributed by atoms with Gasteiger partial charge >= 0.3 is 0 Å². The van der Waals surface area contributed by atoms with Gasteiger partial charge in [0.15, 0.2) is 17.5 Å². The Bertz CT molecular complexity index is 2970. The molecule has 7 aromatic carbocycles. The van der Waals surface area contributed by atoms with Gasteiger partial charge in [-0.25, -0.2) is 19.9 Å². The molecular weight excluding hydrogens is 683 g/mol. The highest BCUT2D eigenvalue weighted by Crippen LogP contribution is 2.36. The highest BCUT2D eigenvalue weighted by Gasteiger charge is 2.15. The normalized spacial score (nSPS) is 11.2. The van der Waals surface area contributed by atoms with Crippen LogP contribution in [0.4, 0.5) is 0 Å². The third kappa shape index (κ3) is 6.37. The molecule has 3 aromatic heterocycles. The van der Waals surface area contributed by atoms with Gasteiger partial charge in [-0.1, -0.05) is 182 Å². The molecule has 3 heterocycles. The zero-order valence-corrected chi connectivity index (χ0v) is 30.3. The van der Waals surface area contributed by atoms with Crippen molar-refractivity contribution in [2.24, 2.45) is 0 Å². The molecular formula is C51H33N5. The smallest absolute Gasteiger partial charge is 0.164 e. The summed E-state index contributed by atoms with van der Waals surface area (Å²) in [6.45, 7) is 0. The molecule has 0 unspecified atom stereocenters. The number of aromatic nitrogens is 5. The minimum Gasteiger partial charge on any atom is -0.254 e. The molecule has 5 heteroatoms. The van der Waals surface area contributed by atoms with Crippen LogP contribution in [0.5, 0.6) is 0 Å². The Hall–Kier alpha value is -7.63. The van der Waals surface area contributed by atoms with Crippen molar-refractivity contribution in [3.63, 3.8) is 0 Å². The quantitative estimate of drug-likeness (QED) is 0.154. The molecule has 0 fully saturated rings. The maximum absolute atomic E-state index is 5.20. The molecule has 10 rings (SSSR count). The summed E-state index contributed by atoms with van der Waals surface area (Å²) >= 11 is 0. The van der Waals surface area contributed by atoms with Crippen LogP contribution in [0.2, 0.25) is 0 Å². The topological polar surface area (TPSA) is 64.5 Å². The Morgan fingerprint density at radius 1 is 0.286 bits per heavy atom. The summed E-state index contributed by atoms with van der Waals surface area (Å²) in [5.74, 6) is 1.90. The van der Waals surface area contributed by atoms with Crippen LogP contribution in [0.3, 0.4) is 0 Å². The van der Waals surface area contributed by atoms with E-state index in [1.165, 1.54) is 5.56 Å². The predicted molar refractivity (Wildman–Crippen MR) is 228 cm³/mol. The van der Waals surface area contributed by atoms with Crippen molar-refractivity contribution in [3.8, 4) is 78.8 Å². The van der Waals surface area contributed by atoms with Crippen LogP contribution in [0.15, 0.2) is 200 Å². The summed E-state index contributed by atoms with van der Waals surface area (Å²) in [6, 6.07) is 66.9. The van der Waals surface area contributed by atoms with E-state index in [0.717, 1.165) is 77.6 Å². The van der Waals surface area contributed by atoms with Crippen molar-refractivity contribution in [2.45, 2.75) is 0 Å². The molecule has 0 N–H and O–H groups in total. The van der Waals surface area contributed by atoms with Crippen molar-refractivity contribution >= 4 is 21.8 Å². The van der Waals surface area contributed by atoms with Crippen LogP contribution < -0.4 is 0 Å². The van der Waals surface area contributed by atoms with Crippen LogP contribution >= 0.6 is 0 Å². The van der Waals surface area contributed by atoms with Gasteiger partial charge < -0.3 is 0 Å². The Morgan fingerprint density at radius 2 is 0.714 bits per heavy atom. The second-order valence-electron chi connectivity index (χ2n) is 13.7. The van der Waals surface area contributed by atoms with E-state index in [1.54, 1.807) is 0 Å². The number of hydrogen-bond donors (Lipinski definition) is 0. The van der Waals surface area contributed by atoms with Gasteiger partial charge in [0.25, 0.3) is 0 Å². The number of hydrogen-bond acceptors (Lipinski definition) is 5. The molecule has 0 spiro atoms. The van der Waals surface area contributed by atoms with E-state index in [4.69, 9.17) is 24.9 Å². The molecule has 10 aromatic rings. The third-order valence-corrected chi connectivity index (χ3v) is 10.2. The van der Waals surface area contributed by atoms with Gasteiger partial charge in [0.05, 0.1) is 16.7 Å². The van der Waals surface area contributed by atoms with Crippen LogP contribution in [-0.2, 0) is 0 Å². The molecule has 0 aliphatic carbocycles. The fourth-order valence-corrected chi connectivity index (χ4v) is 7.27. The number of benzene rings is 7. The molecule has 0 saturated carbocycles. The van der Waals surface area contributed by atoms with E-state index in [9.17, 15) is 0 Å². The lowest BCUT2D eigenvalue weighted by atomic mass is 9.96. The minimum absolute atomic E-state index is 0.626. The van der Waals surface area contributed by atoms with Gasteiger partial charge in [0.1, 0.15) is 0 Å². The highest BCUT2D eigenvalue weighted by molar-refractivity contribution is 6.09. The zero-order valence-electron chi connectivity index (χ0n) is 30.3. The lowest BCUT2D eigenvalue weighted by Crippen LogP contribution is -2.00. The number of rotatable bonds is 7. The monoisotopic (exact) mass is 715 g/mol. The molecule has 0 aliphatic heterocycles. The summed E-state index contributed by atoms with van der Waals surface area (Å²) < 4.78 is 0. The first-order valence-electron chi connectivity index (χ1n) is 18.7. The average Bonchev–Trinajstić information content (AvgIpc) is 3.29. The largest absolute Gasteiger partial charge is 0.254 e. The fourth-order valence-electron chi connectivity index (χ4n) is 7.27. The molecule has 0 atom stereocenters. The molecule has 0 aliphatic rings. The van der Waals surface area contributed by atoms with Gasteiger partial charge in [-0.2, -0.15) is 0 Å². The van der Waals surface area contributed by atoms with Crippen LogP contribution in [-0.4, -0.2) is 24.9 Å². The van der Waals surface area contributed by atoms with Gasteiger partial charge in [-0.15, -0.1) is 0 Å². The Labute approximate surface area is 324 Å². The van der Waals surface area contributed by atoms with Gasteiger partial charge in [0.2, 0.25) is 0 Å². The number of pyridine rings is 2. The molecule has 0 bridgehead atoms. The van der Waals surface area contributed by atoms with Crippen molar-refractivity contribution in [3.05, 3.63) is 200 Å². The lowest BCUT2D eigenvalue weighted by Gasteiger charge is -2.12. The molecule has 0 amide bonds. The SMILES string of the molecule is c1ccc(-c2ccc(-c3nc(-c4ccccc4)nc(-c4ccc(-c5ccc(-c6cc(-c7ccccc7)c7ccc8cccnc8c7n6)cc5)cc4)n3)cc2)cc1. The van der Waals surface area contributed by atoms with Crippen LogP contribution in [0, 0.1) is 0 Å². The maximum atomic E-state index is 5.20. The molecule has 0 radical (unpaired) electrons. The van der Waals surface area contributed by atoms with Crippen molar-refractivity contribution < 1.29 is 0 Å². The molecule has 56 heavy (non-hydrogen) atoms. The van der Waals surface area contributed by atoms with Gasteiger partial charge in [-0.3, -0.25) is 4.98 Å². The first-order valence-corrected chi connectivity index (χ1v) is 18.7. The van der Waals surface area contributed by atoms with Gasteiger partial charge in [0, 0.05) is 39.2 Å². The van der Waals surface area contributed by atoms with E-state index in [-0.39, 0.29) is 0 Å². The fraction of sp³-hybridized carbons (Fsp3) is 0. The van der Waals surface area contributed by atoms with E-state index < -0.39 is 0 Å². The maximum Gasteiger partial charge on any atom is 0.164 e. The van der Waals surface area contributed by atoms with E-state index in [1.807, 2.05) is 54.7 Å². The predicted octanol–water partition coefficient (Wildman–Crippen LogP) is 12.6.